The third kappa shape index (κ3) is 4.92. The van der Waals surface area contributed by atoms with Crippen molar-refractivity contribution in [2.45, 2.75) is 73.0 Å². The third-order valence-corrected chi connectivity index (χ3v) is 7.43. The van der Waals surface area contributed by atoms with E-state index in [9.17, 15) is 4.79 Å². The monoisotopic (exact) mass is 439 g/mol. The number of primary amides is 1. The fourth-order valence-electron chi connectivity index (χ4n) is 5.34. The van der Waals surface area contributed by atoms with E-state index in [4.69, 9.17) is 10.5 Å². The van der Waals surface area contributed by atoms with Gasteiger partial charge in [0.2, 0.25) is 11.9 Å². The Labute approximate surface area is 191 Å². The Kier molecular flexibility index (Phi) is 6.45. The molecule has 0 radical (unpaired) electrons. The van der Waals surface area contributed by atoms with Crippen LogP contribution in [0.15, 0.2) is 18.2 Å². The number of benzene rings is 1. The summed E-state index contributed by atoms with van der Waals surface area (Å²) in [4.78, 5) is 13.9. The molecular formula is C25H37N5O2. The summed E-state index contributed by atoms with van der Waals surface area (Å²) in [6.07, 6.45) is 5.30. The summed E-state index contributed by atoms with van der Waals surface area (Å²) in [5, 5.41) is 9.14. The second-order valence-corrected chi connectivity index (χ2v) is 10.4. The largest absolute Gasteiger partial charge is 0.486 e. The molecular weight excluding hydrogens is 402 g/mol. The molecule has 1 saturated carbocycles. The first-order valence-electron chi connectivity index (χ1n) is 11.9. The lowest BCUT2D eigenvalue weighted by molar-refractivity contribution is -0.122. The van der Waals surface area contributed by atoms with Crippen LogP contribution in [0.2, 0.25) is 0 Å². The maximum atomic E-state index is 11.6. The lowest BCUT2D eigenvalue weighted by Gasteiger charge is -2.33. The van der Waals surface area contributed by atoms with Crippen LogP contribution >= 0.6 is 0 Å². The molecule has 0 spiro atoms. The van der Waals surface area contributed by atoms with Crippen molar-refractivity contribution in [2.24, 2.45) is 23.0 Å². The molecule has 1 aliphatic heterocycles. The molecule has 0 bridgehead atoms. The number of anilines is 1. The van der Waals surface area contributed by atoms with Crippen molar-refractivity contribution in [1.82, 2.24) is 14.8 Å². The number of carbonyl (C=O) groups is 1. The number of aryl methyl sites for hydroxylation is 2. The summed E-state index contributed by atoms with van der Waals surface area (Å²) in [6, 6.07) is 6.26. The normalized spacial score (nSPS) is 21.1. The lowest BCUT2D eigenvalue weighted by Crippen LogP contribution is -2.40. The Morgan fingerprint density at radius 3 is 2.41 bits per heavy atom. The predicted octanol–water partition coefficient (Wildman–Crippen LogP) is 4.00. The first-order valence-corrected chi connectivity index (χ1v) is 11.9. The van der Waals surface area contributed by atoms with Gasteiger partial charge < -0.3 is 15.4 Å². The molecule has 2 N–H and O–H groups in total. The average molecular weight is 440 g/mol. The number of amides is 1. The minimum atomic E-state index is -0.193. The van der Waals surface area contributed by atoms with E-state index >= 15 is 0 Å². The Balaban J connectivity index is 1.56. The molecule has 2 aliphatic rings. The number of rotatable bonds is 7. The van der Waals surface area contributed by atoms with Crippen molar-refractivity contribution in [3.05, 3.63) is 35.2 Å². The zero-order valence-corrected chi connectivity index (χ0v) is 19.9. The fourth-order valence-corrected chi connectivity index (χ4v) is 5.34. The van der Waals surface area contributed by atoms with E-state index in [0.717, 1.165) is 50.0 Å². The third-order valence-electron chi connectivity index (χ3n) is 7.43. The minimum absolute atomic E-state index is 0.0382. The van der Waals surface area contributed by atoms with Gasteiger partial charge in [-0.25, -0.2) is 0 Å². The van der Waals surface area contributed by atoms with Gasteiger partial charge in [0.15, 0.2) is 5.82 Å². The first-order chi connectivity index (χ1) is 15.2. The van der Waals surface area contributed by atoms with Crippen molar-refractivity contribution in [3.63, 3.8) is 0 Å². The van der Waals surface area contributed by atoms with E-state index in [1.807, 2.05) is 0 Å². The van der Waals surface area contributed by atoms with Gasteiger partial charge in [0.25, 0.3) is 0 Å². The molecule has 32 heavy (non-hydrogen) atoms. The summed E-state index contributed by atoms with van der Waals surface area (Å²) in [6.45, 7) is 11.8. The molecule has 1 amide bonds. The fraction of sp³-hybridized carbons (Fsp3) is 0.640. The maximum Gasteiger partial charge on any atom is 0.227 e. The highest BCUT2D eigenvalue weighted by Crippen LogP contribution is 2.44. The van der Waals surface area contributed by atoms with Crippen LogP contribution in [-0.2, 0) is 17.9 Å². The van der Waals surface area contributed by atoms with Gasteiger partial charge in [-0.1, -0.05) is 26.3 Å². The van der Waals surface area contributed by atoms with Crippen molar-refractivity contribution >= 4 is 11.9 Å². The van der Waals surface area contributed by atoms with E-state index < -0.39 is 0 Å². The van der Waals surface area contributed by atoms with Gasteiger partial charge in [0.05, 0.1) is 0 Å². The topological polar surface area (TPSA) is 86.3 Å². The second-order valence-electron chi connectivity index (χ2n) is 10.4. The molecule has 7 nitrogen and oxygen atoms in total. The van der Waals surface area contributed by atoms with Crippen LogP contribution < -0.4 is 15.4 Å². The van der Waals surface area contributed by atoms with Gasteiger partial charge in [0.1, 0.15) is 12.4 Å². The number of nitrogens with zero attached hydrogens (tertiary/aromatic N) is 4. The highest BCUT2D eigenvalue weighted by Gasteiger charge is 2.36. The Morgan fingerprint density at radius 1 is 1.12 bits per heavy atom. The van der Waals surface area contributed by atoms with E-state index in [-0.39, 0.29) is 11.8 Å². The van der Waals surface area contributed by atoms with E-state index in [0.29, 0.717) is 17.9 Å². The number of carbonyl (C=O) groups excluding carboxylic acids is 1. The smallest absolute Gasteiger partial charge is 0.227 e. The molecule has 1 aliphatic carbocycles. The van der Waals surface area contributed by atoms with Gasteiger partial charge >= 0.3 is 0 Å². The van der Waals surface area contributed by atoms with E-state index in [2.05, 4.69) is 65.6 Å². The molecule has 1 unspecified atom stereocenters. The zero-order chi connectivity index (χ0) is 22.9. The Morgan fingerprint density at radius 2 is 1.81 bits per heavy atom. The highest BCUT2D eigenvalue weighted by atomic mass is 16.5. The summed E-state index contributed by atoms with van der Waals surface area (Å²) >= 11 is 0. The Bertz CT molecular complexity index is 939. The molecule has 1 saturated heterocycles. The quantitative estimate of drug-likeness (QED) is 0.705. The van der Waals surface area contributed by atoms with Crippen LogP contribution in [0.4, 0.5) is 5.95 Å². The van der Waals surface area contributed by atoms with Crippen molar-refractivity contribution in [1.29, 1.82) is 0 Å². The minimum Gasteiger partial charge on any atom is -0.486 e. The second kappa shape index (κ2) is 9.12. The Hall–Kier alpha value is -2.57. The summed E-state index contributed by atoms with van der Waals surface area (Å²) in [5.41, 5.74) is 8.22. The maximum absolute atomic E-state index is 11.6. The molecule has 2 aromatic rings. The molecule has 2 fully saturated rings. The number of piperidine rings is 1. The first kappa shape index (κ1) is 22.6. The lowest BCUT2D eigenvalue weighted by atomic mass is 9.82. The highest BCUT2D eigenvalue weighted by molar-refractivity contribution is 5.76. The van der Waals surface area contributed by atoms with Gasteiger partial charge in [-0.15, -0.1) is 10.2 Å². The molecule has 174 valence electrons. The van der Waals surface area contributed by atoms with Gasteiger partial charge in [-0.05, 0) is 74.1 Å². The molecule has 4 rings (SSSR count). The zero-order valence-electron chi connectivity index (χ0n) is 19.9. The van der Waals surface area contributed by atoms with Crippen LogP contribution in [-0.4, -0.2) is 33.8 Å². The SMILES string of the molecule is Cc1cc(C)cc(OCc2nnc(N3CCC(C(N)=O)CC3)n2CC2CCCC2(C)C)c1. The van der Waals surface area contributed by atoms with E-state index in [1.54, 1.807) is 0 Å². The van der Waals surface area contributed by atoms with Crippen LogP contribution in [0.1, 0.15) is 62.9 Å². The molecule has 1 aromatic heterocycles. The molecule has 1 atom stereocenters. The average Bonchev–Trinajstić information content (AvgIpc) is 3.28. The van der Waals surface area contributed by atoms with Crippen LogP contribution in [0.5, 0.6) is 5.75 Å². The van der Waals surface area contributed by atoms with E-state index in [1.165, 1.54) is 30.4 Å². The summed E-state index contributed by atoms with van der Waals surface area (Å²) in [7, 11) is 0. The molecule has 1 aromatic carbocycles. The number of hydrogen-bond donors (Lipinski definition) is 1. The standard InChI is InChI=1S/C25H37N5O2/c1-17-12-18(2)14-21(13-17)32-16-22-27-28-24(29-10-7-19(8-11-29)23(26)31)30(22)15-20-6-5-9-25(20,3)4/h12-14,19-20H,5-11,15-16H2,1-4H3,(H2,26,31). The van der Waals surface area contributed by atoms with Crippen molar-refractivity contribution in [2.75, 3.05) is 18.0 Å². The van der Waals surface area contributed by atoms with Crippen LogP contribution in [0.25, 0.3) is 0 Å². The number of nitrogens with two attached hydrogens (primary N) is 1. The number of ether oxygens (including phenoxy) is 1. The van der Waals surface area contributed by atoms with Gasteiger partial charge in [-0.2, -0.15) is 0 Å². The molecule has 7 heteroatoms. The summed E-state index contributed by atoms with van der Waals surface area (Å²) in [5.74, 6) is 2.97. The van der Waals surface area contributed by atoms with Gasteiger partial charge in [0, 0.05) is 25.6 Å². The summed E-state index contributed by atoms with van der Waals surface area (Å²) < 4.78 is 8.43. The van der Waals surface area contributed by atoms with Crippen LogP contribution in [0, 0.1) is 31.1 Å². The van der Waals surface area contributed by atoms with Crippen molar-refractivity contribution in [3.8, 4) is 5.75 Å². The number of hydrogen-bond acceptors (Lipinski definition) is 5. The predicted molar refractivity (Wildman–Crippen MR) is 126 cm³/mol. The van der Waals surface area contributed by atoms with Crippen molar-refractivity contribution < 1.29 is 9.53 Å². The number of aromatic nitrogens is 3. The van der Waals surface area contributed by atoms with Crippen LogP contribution in [0.3, 0.4) is 0 Å². The van der Waals surface area contributed by atoms with Gasteiger partial charge in [-0.3, -0.25) is 9.36 Å². The molecule has 2 heterocycles.